The molecule has 0 fully saturated rings. The Hall–Kier alpha value is -1.53. The number of aryl methyl sites for hydroxylation is 1. The van der Waals surface area contributed by atoms with E-state index in [1.807, 2.05) is 18.4 Å². The lowest BCUT2D eigenvalue weighted by Gasteiger charge is -1.97. The Morgan fingerprint density at radius 2 is 2.23 bits per heavy atom. The monoisotopic (exact) mass is 188 g/mol. The summed E-state index contributed by atoms with van der Waals surface area (Å²) in [5.41, 5.74) is 8.20. The Bertz CT molecular complexity index is 505. The first-order valence-electron chi connectivity index (χ1n) is 3.90. The first-order chi connectivity index (χ1) is 6.22. The van der Waals surface area contributed by atoms with Crippen molar-refractivity contribution >= 4 is 27.1 Å². The number of benzene rings is 1. The molecule has 0 radical (unpaired) electrons. The molecule has 2 rings (SSSR count). The van der Waals surface area contributed by atoms with Crippen LogP contribution in [0.15, 0.2) is 17.5 Å². The molecular formula is C10H8N2S. The van der Waals surface area contributed by atoms with Gasteiger partial charge in [0, 0.05) is 5.69 Å². The molecule has 0 spiro atoms. The number of nitrogens with zero attached hydrogens (tertiary/aromatic N) is 1. The van der Waals surface area contributed by atoms with Gasteiger partial charge in [0.05, 0.1) is 10.3 Å². The van der Waals surface area contributed by atoms with E-state index in [-0.39, 0.29) is 0 Å². The number of rotatable bonds is 0. The lowest BCUT2D eigenvalue weighted by molar-refractivity contribution is 1.51. The summed E-state index contributed by atoms with van der Waals surface area (Å²) in [6.45, 7) is 2.03. The quantitative estimate of drug-likeness (QED) is 0.646. The molecule has 64 valence electrons. The maximum absolute atomic E-state index is 8.87. The number of nitrogen functional groups attached to an aromatic ring is 1. The highest BCUT2D eigenvalue weighted by molar-refractivity contribution is 7.17. The van der Waals surface area contributed by atoms with Crippen LogP contribution in [0.4, 0.5) is 5.69 Å². The van der Waals surface area contributed by atoms with Crippen LogP contribution in [0.25, 0.3) is 10.1 Å². The van der Waals surface area contributed by atoms with E-state index in [0.717, 1.165) is 10.1 Å². The third kappa shape index (κ3) is 1.16. The third-order valence-electron chi connectivity index (χ3n) is 2.01. The predicted octanol–water partition coefficient (Wildman–Crippen LogP) is 2.66. The minimum absolute atomic E-state index is 0.658. The summed E-state index contributed by atoms with van der Waals surface area (Å²) in [6, 6.07) is 5.79. The highest BCUT2D eigenvalue weighted by Gasteiger charge is 2.05. The Morgan fingerprint density at radius 3 is 2.92 bits per heavy atom. The lowest BCUT2D eigenvalue weighted by Crippen LogP contribution is -1.86. The van der Waals surface area contributed by atoms with Crippen molar-refractivity contribution in [3.8, 4) is 6.07 Å². The number of nitriles is 1. The van der Waals surface area contributed by atoms with Crippen LogP contribution in [0.3, 0.4) is 0 Å². The number of hydrogen-bond acceptors (Lipinski definition) is 3. The number of anilines is 1. The summed E-state index contributed by atoms with van der Waals surface area (Å²) in [7, 11) is 0. The van der Waals surface area contributed by atoms with E-state index >= 15 is 0 Å². The van der Waals surface area contributed by atoms with Gasteiger partial charge in [0.1, 0.15) is 6.07 Å². The van der Waals surface area contributed by atoms with E-state index < -0.39 is 0 Å². The van der Waals surface area contributed by atoms with Gasteiger partial charge in [-0.05, 0) is 35.4 Å². The van der Waals surface area contributed by atoms with Crippen LogP contribution in [0.1, 0.15) is 11.1 Å². The molecule has 2 aromatic rings. The molecule has 0 saturated heterocycles. The van der Waals surface area contributed by atoms with E-state index in [0.29, 0.717) is 11.3 Å². The van der Waals surface area contributed by atoms with Crippen molar-refractivity contribution in [2.75, 3.05) is 5.73 Å². The Labute approximate surface area is 80.2 Å². The third-order valence-corrected chi connectivity index (χ3v) is 3.16. The molecule has 0 saturated carbocycles. The molecule has 0 amide bonds. The minimum Gasteiger partial charge on any atom is -0.399 e. The summed E-state index contributed by atoms with van der Waals surface area (Å²) >= 11 is 1.60. The molecule has 0 aliphatic rings. The number of thiophene rings is 1. The van der Waals surface area contributed by atoms with Gasteiger partial charge in [-0.25, -0.2) is 0 Å². The number of nitrogens with two attached hydrogens (primary N) is 1. The van der Waals surface area contributed by atoms with Crippen molar-refractivity contribution in [1.82, 2.24) is 0 Å². The van der Waals surface area contributed by atoms with Crippen molar-refractivity contribution in [2.45, 2.75) is 6.92 Å². The minimum atomic E-state index is 0.658. The smallest absolute Gasteiger partial charge is 0.101 e. The topological polar surface area (TPSA) is 49.8 Å². The second-order valence-electron chi connectivity index (χ2n) is 2.98. The Morgan fingerprint density at radius 1 is 1.46 bits per heavy atom. The Balaban J connectivity index is 2.94. The number of hydrogen-bond donors (Lipinski definition) is 1. The predicted molar refractivity (Wildman–Crippen MR) is 55.7 cm³/mol. The van der Waals surface area contributed by atoms with Gasteiger partial charge in [0.25, 0.3) is 0 Å². The first-order valence-corrected chi connectivity index (χ1v) is 4.78. The fourth-order valence-corrected chi connectivity index (χ4v) is 2.36. The van der Waals surface area contributed by atoms with Gasteiger partial charge >= 0.3 is 0 Å². The van der Waals surface area contributed by atoms with E-state index in [1.54, 1.807) is 17.4 Å². The summed E-state index contributed by atoms with van der Waals surface area (Å²) < 4.78 is 1.04. The molecule has 2 nitrogen and oxygen atoms in total. The summed E-state index contributed by atoms with van der Waals surface area (Å²) in [5, 5.41) is 12.0. The summed E-state index contributed by atoms with van der Waals surface area (Å²) in [5.74, 6) is 0. The van der Waals surface area contributed by atoms with Crippen LogP contribution in [0.5, 0.6) is 0 Å². The van der Waals surface area contributed by atoms with Crippen LogP contribution in [0.2, 0.25) is 0 Å². The SMILES string of the molecule is Cc1csc2c(C#N)cc(N)cc12. The molecule has 0 bridgehead atoms. The molecule has 2 N–H and O–H groups in total. The van der Waals surface area contributed by atoms with E-state index in [4.69, 9.17) is 11.0 Å². The average Bonchev–Trinajstić information content (AvgIpc) is 2.47. The van der Waals surface area contributed by atoms with E-state index in [9.17, 15) is 0 Å². The molecule has 3 heteroatoms. The van der Waals surface area contributed by atoms with Crippen LogP contribution >= 0.6 is 11.3 Å². The second-order valence-corrected chi connectivity index (χ2v) is 3.86. The van der Waals surface area contributed by atoms with Crippen LogP contribution in [0, 0.1) is 18.3 Å². The first kappa shape index (κ1) is 8.09. The van der Waals surface area contributed by atoms with Gasteiger partial charge in [-0.3, -0.25) is 0 Å². The van der Waals surface area contributed by atoms with Crippen LogP contribution in [-0.2, 0) is 0 Å². The molecule has 1 heterocycles. The van der Waals surface area contributed by atoms with Gasteiger partial charge in [-0.15, -0.1) is 11.3 Å². The van der Waals surface area contributed by atoms with Crippen molar-refractivity contribution in [2.24, 2.45) is 0 Å². The largest absolute Gasteiger partial charge is 0.399 e. The molecule has 0 aliphatic carbocycles. The highest BCUT2D eigenvalue weighted by Crippen LogP contribution is 2.30. The fourth-order valence-electron chi connectivity index (χ4n) is 1.36. The number of fused-ring (bicyclic) bond motifs is 1. The van der Waals surface area contributed by atoms with Gasteiger partial charge in [0.15, 0.2) is 0 Å². The van der Waals surface area contributed by atoms with E-state index in [2.05, 4.69) is 6.07 Å². The van der Waals surface area contributed by atoms with Gasteiger partial charge < -0.3 is 5.73 Å². The summed E-state index contributed by atoms with van der Waals surface area (Å²) in [6.07, 6.45) is 0. The second kappa shape index (κ2) is 2.75. The average molecular weight is 188 g/mol. The van der Waals surface area contributed by atoms with Gasteiger partial charge in [0.2, 0.25) is 0 Å². The zero-order valence-corrected chi connectivity index (χ0v) is 7.98. The zero-order chi connectivity index (χ0) is 9.42. The van der Waals surface area contributed by atoms with E-state index in [1.165, 1.54) is 5.56 Å². The molecular weight excluding hydrogens is 180 g/mol. The maximum Gasteiger partial charge on any atom is 0.101 e. The zero-order valence-electron chi connectivity index (χ0n) is 7.16. The molecule has 1 aromatic heterocycles. The van der Waals surface area contributed by atoms with Crippen molar-refractivity contribution in [3.05, 3.63) is 28.6 Å². The highest BCUT2D eigenvalue weighted by atomic mass is 32.1. The fraction of sp³-hybridized carbons (Fsp3) is 0.100. The van der Waals surface area contributed by atoms with Crippen LogP contribution < -0.4 is 5.73 Å². The Kier molecular flexibility index (Phi) is 1.71. The van der Waals surface area contributed by atoms with Gasteiger partial charge in [-0.2, -0.15) is 5.26 Å². The van der Waals surface area contributed by atoms with Crippen molar-refractivity contribution < 1.29 is 0 Å². The van der Waals surface area contributed by atoms with Crippen molar-refractivity contribution in [3.63, 3.8) is 0 Å². The summed E-state index contributed by atoms with van der Waals surface area (Å²) in [4.78, 5) is 0. The molecule has 0 unspecified atom stereocenters. The van der Waals surface area contributed by atoms with Crippen molar-refractivity contribution in [1.29, 1.82) is 5.26 Å². The van der Waals surface area contributed by atoms with Crippen LogP contribution in [-0.4, -0.2) is 0 Å². The molecule has 0 atom stereocenters. The standard InChI is InChI=1S/C10H8N2S/c1-6-5-13-10-7(4-11)2-8(12)3-9(6)10/h2-3,5H,12H2,1H3. The molecule has 1 aromatic carbocycles. The lowest BCUT2D eigenvalue weighted by atomic mass is 10.1. The van der Waals surface area contributed by atoms with Gasteiger partial charge in [-0.1, -0.05) is 0 Å². The normalized spacial score (nSPS) is 10.2. The molecule has 0 aliphatic heterocycles. The maximum atomic E-state index is 8.87. The molecule has 13 heavy (non-hydrogen) atoms.